The van der Waals surface area contributed by atoms with Gasteiger partial charge in [-0.1, -0.05) is 11.6 Å². The summed E-state index contributed by atoms with van der Waals surface area (Å²) in [5, 5.41) is 2.94. The molecule has 2 aliphatic rings. The number of likely N-dealkylation sites (N-methyl/N-ethyl adjacent to an activating group) is 1. The van der Waals surface area contributed by atoms with Crippen LogP contribution in [0.2, 0.25) is 5.02 Å². The summed E-state index contributed by atoms with van der Waals surface area (Å²) in [5.41, 5.74) is 5.93. The van der Waals surface area contributed by atoms with Crippen LogP contribution in [0.5, 0.6) is 23.0 Å². The minimum absolute atomic E-state index is 0.0340. The zero-order valence-electron chi connectivity index (χ0n) is 20.9. The standard InChI is InChI=1S/C26H29ClN4O6/c1-29-9-6-21(28)30-24(32)16-12-17(14-18(13-16)37-26(7-8-26)15-34-3)36-20-5-4-19-23(22(20)27)35-11-10-31(2)25(19)33/h4-6,9,12-14,29H,7-8,10-11,15H2,1-3H3,(H2,28,30,32)/b9-6-. The Morgan fingerprint density at radius 1 is 1.30 bits per heavy atom. The minimum atomic E-state index is -0.574. The summed E-state index contributed by atoms with van der Waals surface area (Å²) in [6, 6.07) is 7.94. The number of nitrogens with zero attached hydrogens (tertiary/aromatic N) is 2. The van der Waals surface area contributed by atoms with Gasteiger partial charge in [-0.3, -0.25) is 9.59 Å². The van der Waals surface area contributed by atoms with Crippen molar-refractivity contribution in [3.05, 3.63) is 58.8 Å². The molecule has 0 unspecified atom stereocenters. The van der Waals surface area contributed by atoms with Crippen molar-refractivity contribution in [1.82, 2.24) is 10.2 Å². The minimum Gasteiger partial charge on any atom is -0.489 e. The number of ether oxygens (including phenoxy) is 4. The fourth-order valence-electron chi connectivity index (χ4n) is 3.77. The van der Waals surface area contributed by atoms with E-state index in [9.17, 15) is 9.59 Å². The summed E-state index contributed by atoms with van der Waals surface area (Å²) >= 11 is 6.59. The lowest BCUT2D eigenvalue weighted by Gasteiger charge is -2.19. The molecule has 196 valence electrons. The van der Waals surface area contributed by atoms with Gasteiger partial charge in [-0.2, -0.15) is 4.99 Å². The van der Waals surface area contributed by atoms with Crippen LogP contribution < -0.4 is 25.3 Å². The van der Waals surface area contributed by atoms with Gasteiger partial charge in [0.2, 0.25) is 0 Å². The molecule has 1 fully saturated rings. The molecule has 37 heavy (non-hydrogen) atoms. The van der Waals surface area contributed by atoms with Gasteiger partial charge in [0.1, 0.15) is 40.3 Å². The van der Waals surface area contributed by atoms with E-state index in [0.29, 0.717) is 31.1 Å². The summed E-state index contributed by atoms with van der Waals surface area (Å²) < 4.78 is 23.3. The van der Waals surface area contributed by atoms with Crippen molar-refractivity contribution in [1.29, 1.82) is 0 Å². The molecule has 10 nitrogen and oxygen atoms in total. The first-order valence-corrected chi connectivity index (χ1v) is 12.1. The van der Waals surface area contributed by atoms with E-state index in [0.717, 1.165) is 12.8 Å². The third kappa shape index (κ3) is 6.15. The first-order chi connectivity index (χ1) is 17.7. The normalized spacial score (nSPS) is 16.6. The van der Waals surface area contributed by atoms with Crippen LogP contribution in [0.15, 0.2) is 47.6 Å². The number of hydrogen-bond acceptors (Lipinski definition) is 7. The zero-order chi connectivity index (χ0) is 26.6. The lowest BCUT2D eigenvalue weighted by molar-refractivity contribution is 0.0636. The predicted octanol–water partition coefficient (Wildman–Crippen LogP) is 3.39. The fourth-order valence-corrected chi connectivity index (χ4v) is 4.03. The summed E-state index contributed by atoms with van der Waals surface area (Å²) in [5.74, 6) is 0.470. The lowest BCUT2D eigenvalue weighted by Crippen LogP contribution is -2.27. The van der Waals surface area contributed by atoms with Crippen molar-refractivity contribution in [3.63, 3.8) is 0 Å². The summed E-state index contributed by atoms with van der Waals surface area (Å²) in [7, 11) is 5.01. The second-order valence-electron chi connectivity index (χ2n) is 8.81. The molecule has 0 bridgehead atoms. The Morgan fingerprint density at radius 3 is 2.76 bits per heavy atom. The molecule has 2 amide bonds. The number of amides is 2. The van der Waals surface area contributed by atoms with E-state index in [1.54, 1.807) is 56.6 Å². The van der Waals surface area contributed by atoms with Crippen LogP contribution in [-0.2, 0) is 4.74 Å². The van der Waals surface area contributed by atoms with Gasteiger partial charge in [0.15, 0.2) is 5.75 Å². The molecule has 1 aliphatic heterocycles. The maximum atomic E-state index is 12.9. The van der Waals surface area contributed by atoms with Gasteiger partial charge in [-0.15, -0.1) is 0 Å². The van der Waals surface area contributed by atoms with Crippen LogP contribution in [0.3, 0.4) is 0 Å². The monoisotopic (exact) mass is 528 g/mol. The molecule has 0 spiro atoms. The Bertz CT molecular complexity index is 1260. The Labute approximate surface area is 220 Å². The number of carbonyl (C=O) groups excluding carboxylic acids is 2. The number of nitrogens with two attached hydrogens (primary N) is 1. The van der Waals surface area contributed by atoms with E-state index in [-0.39, 0.29) is 39.6 Å². The highest BCUT2D eigenvalue weighted by Gasteiger charge is 2.45. The highest BCUT2D eigenvalue weighted by molar-refractivity contribution is 6.34. The third-order valence-electron chi connectivity index (χ3n) is 5.87. The number of nitrogens with one attached hydrogen (secondary N) is 1. The second-order valence-corrected chi connectivity index (χ2v) is 9.18. The average Bonchev–Trinajstić information content (AvgIpc) is 3.64. The van der Waals surface area contributed by atoms with Gasteiger partial charge in [-0.25, -0.2) is 0 Å². The smallest absolute Gasteiger partial charge is 0.279 e. The molecule has 1 saturated carbocycles. The van der Waals surface area contributed by atoms with Gasteiger partial charge >= 0.3 is 0 Å². The summed E-state index contributed by atoms with van der Waals surface area (Å²) in [6.45, 7) is 1.14. The van der Waals surface area contributed by atoms with Crippen LogP contribution in [0.1, 0.15) is 33.6 Å². The van der Waals surface area contributed by atoms with Crippen molar-refractivity contribution in [2.45, 2.75) is 18.4 Å². The third-order valence-corrected chi connectivity index (χ3v) is 6.23. The fraction of sp³-hybridized carbons (Fsp3) is 0.346. The number of amidine groups is 1. The molecule has 0 saturated heterocycles. The summed E-state index contributed by atoms with van der Waals surface area (Å²) in [6.07, 6.45) is 4.69. The Balaban J connectivity index is 1.68. The van der Waals surface area contributed by atoms with Crippen LogP contribution in [0.4, 0.5) is 0 Å². The van der Waals surface area contributed by atoms with E-state index in [4.69, 9.17) is 36.3 Å². The average molecular weight is 529 g/mol. The molecule has 1 heterocycles. The largest absolute Gasteiger partial charge is 0.489 e. The number of benzene rings is 2. The number of fused-ring (bicyclic) bond motifs is 1. The van der Waals surface area contributed by atoms with E-state index in [1.807, 2.05) is 0 Å². The molecule has 4 rings (SSSR count). The molecule has 2 aromatic rings. The first kappa shape index (κ1) is 26.3. The first-order valence-electron chi connectivity index (χ1n) is 11.7. The molecule has 0 radical (unpaired) electrons. The van der Waals surface area contributed by atoms with Crippen molar-refractivity contribution in [3.8, 4) is 23.0 Å². The molecule has 0 atom stereocenters. The SMILES string of the molecule is CN/C=C\C(N)=NC(=O)c1cc(Oc2ccc3c(c2Cl)OCCN(C)C3=O)cc(OC2(COC)CC2)c1. The van der Waals surface area contributed by atoms with Crippen LogP contribution in [-0.4, -0.2) is 69.1 Å². The van der Waals surface area contributed by atoms with E-state index >= 15 is 0 Å². The van der Waals surface area contributed by atoms with E-state index < -0.39 is 11.5 Å². The van der Waals surface area contributed by atoms with E-state index in [2.05, 4.69) is 10.3 Å². The number of rotatable bonds is 9. The number of methoxy groups -OCH3 is 1. The van der Waals surface area contributed by atoms with Crippen LogP contribution in [0, 0.1) is 0 Å². The van der Waals surface area contributed by atoms with Crippen LogP contribution in [0.25, 0.3) is 0 Å². The molecule has 11 heteroatoms. The molecular weight excluding hydrogens is 500 g/mol. The maximum Gasteiger partial charge on any atom is 0.279 e. The predicted molar refractivity (Wildman–Crippen MR) is 139 cm³/mol. The van der Waals surface area contributed by atoms with Gasteiger partial charge in [0.05, 0.1) is 18.7 Å². The van der Waals surface area contributed by atoms with E-state index in [1.165, 1.54) is 12.1 Å². The van der Waals surface area contributed by atoms with Gasteiger partial charge < -0.3 is 34.9 Å². The van der Waals surface area contributed by atoms with Crippen molar-refractivity contribution >= 4 is 29.3 Å². The maximum absolute atomic E-state index is 12.9. The molecule has 2 aromatic carbocycles. The van der Waals surface area contributed by atoms with Gasteiger partial charge in [-0.05, 0) is 49.4 Å². The second kappa shape index (κ2) is 11.1. The Hall–Kier alpha value is -3.76. The molecule has 0 aromatic heterocycles. The van der Waals surface area contributed by atoms with Gasteiger partial charge in [0, 0.05) is 32.8 Å². The molecule has 3 N–H and O–H groups in total. The Morgan fingerprint density at radius 2 is 2.05 bits per heavy atom. The topological polar surface area (TPSA) is 125 Å². The number of aliphatic imine (C=N–C) groups is 1. The highest BCUT2D eigenvalue weighted by atomic mass is 35.5. The zero-order valence-corrected chi connectivity index (χ0v) is 21.6. The van der Waals surface area contributed by atoms with Crippen molar-refractivity contribution in [2.24, 2.45) is 10.7 Å². The Kier molecular flexibility index (Phi) is 7.89. The molecule has 1 aliphatic carbocycles. The lowest BCUT2D eigenvalue weighted by atomic mass is 10.1. The van der Waals surface area contributed by atoms with Gasteiger partial charge in [0.25, 0.3) is 11.8 Å². The van der Waals surface area contributed by atoms with Crippen molar-refractivity contribution < 1.29 is 28.5 Å². The number of carbonyl (C=O) groups is 2. The molecular formula is C26H29ClN4O6. The quantitative estimate of drug-likeness (QED) is 0.375. The van der Waals surface area contributed by atoms with Crippen molar-refractivity contribution in [2.75, 3.05) is 41.0 Å². The number of hydrogen-bond donors (Lipinski definition) is 2. The summed E-state index contributed by atoms with van der Waals surface area (Å²) in [4.78, 5) is 31.0. The van der Waals surface area contributed by atoms with Crippen LogP contribution >= 0.6 is 11.6 Å². The number of halogens is 1. The highest BCUT2D eigenvalue weighted by Crippen LogP contribution is 2.43.